The van der Waals surface area contributed by atoms with Crippen LogP contribution in [0.3, 0.4) is 0 Å². The summed E-state index contributed by atoms with van der Waals surface area (Å²) in [6.07, 6.45) is 3.67. The smallest absolute Gasteiger partial charge is 0.223 e. The van der Waals surface area contributed by atoms with Crippen LogP contribution in [0.15, 0.2) is 0 Å². The number of fused-ring (bicyclic) bond motifs is 1. The molecule has 0 bridgehead atoms. The van der Waals surface area contributed by atoms with Crippen molar-refractivity contribution in [2.75, 3.05) is 6.54 Å². The summed E-state index contributed by atoms with van der Waals surface area (Å²) in [4.78, 5) is 11.2. The molecule has 0 aromatic carbocycles. The van der Waals surface area contributed by atoms with Crippen LogP contribution in [0.5, 0.6) is 0 Å². The minimum Gasteiger partial charge on any atom is -0.355 e. The SMILES string of the molecule is CC(C)CCC12CNC(=O)C1C2. The fraction of sp³-hybridized carbons (Fsp3) is 0.900. The largest absolute Gasteiger partial charge is 0.355 e. The Bertz CT molecular complexity index is 212. The Morgan fingerprint density at radius 3 is 2.83 bits per heavy atom. The molecule has 2 nitrogen and oxygen atoms in total. The first-order chi connectivity index (χ1) is 5.64. The molecule has 0 aromatic heterocycles. The molecule has 2 unspecified atom stereocenters. The zero-order chi connectivity index (χ0) is 8.77. The van der Waals surface area contributed by atoms with Crippen LogP contribution in [-0.2, 0) is 4.79 Å². The van der Waals surface area contributed by atoms with Crippen molar-refractivity contribution in [2.45, 2.75) is 33.1 Å². The Hall–Kier alpha value is -0.530. The van der Waals surface area contributed by atoms with Crippen molar-refractivity contribution < 1.29 is 4.79 Å². The van der Waals surface area contributed by atoms with E-state index in [2.05, 4.69) is 19.2 Å². The number of carbonyl (C=O) groups is 1. The number of nitrogens with one attached hydrogen (secondary N) is 1. The van der Waals surface area contributed by atoms with Gasteiger partial charge < -0.3 is 5.32 Å². The third-order valence-corrected chi connectivity index (χ3v) is 3.34. The minimum absolute atomic E-state index is 0.304. The fourth-order valence-electron chi connectivity index (χ4n) is 2.24. The van der Waals surface area contributed by atoms with Crippen molar-refractivity contribution in [1.29, 1.82) is 0 Å². The van der Waals surface area contributed by atoms with Crippen LogP contribution in [0.25, 0.3) is 0 Å². The second-order valence-corrected chi connectivity index (χ2v) is 4.77. The quantitative estimate of drug-likeness (QED) is 0.679. The molecule has 1 saturated heterocycles. The first-order valence-electron chi connectivity index (χ1n) is 4.92. The minimum atomic E-state index is 0.304. The van der Waals surface area contributed by atoms with Crippen molar-refractivity contribution in [1.82, 2.24) is 5.32 Å². The van der Waals surface area contributed by atoms with Crippen LogP contribution in [-0.4, -0.2) is 12.5 Å². The average Bonchev–Trinajstić information content (AvgIpc) is 2.66. The predicted molar refractivity (Wildman–Crippen MR) is 47.6 cm³/mol. The third-order valence-electron chi connectivity index (χ3n) is 3.34. The van der Waals surface area contributed by atoms with Gasteiger partial charge in [-0.25, -0.2) is 0 Å². The molecule has 1 aliphatic carbocycles. The standard InChI is InChI=1S/C10H17NO/c1-7(2)3-4-10-5-8(10)9(12)11-6-10/h7-8H,3-6H2,1-2H3,(H,11,12). The highest BCUT2D eigenvalue weighted by Crippen LogP contribution is 2.58. The Kier molecular flexibility index (Phi) is 1.67. The Labute approximate surface area is 73.7 Å². The molecule has 1 N–H and O–H groups in total. The highest BCUT2D eigenvalue weighted by Gasteiger charge is 2.61. The molecule has 1 heterocycles. The van der Waals surface area contributed by atoms with Gasteiger partial charge in [-0.3, -0.25) is 4.79 Å². The van der Waals surface area contributed by atoms with Crippen molar-refractivity contribution in [3.05, 3.63) is 0 Å². The van der Waals surface area contributed by atoms with Crippen molar-refractivity contribution in [3.8, 4) is 0 Å². The topological polar surface area (TPSA) is 29.1 Å². The summed E-state index contributed by atoms with van der Waals surface area (Å²) in [5.74, 6) is 1.46. The Morgan fingerprint density at radius 1 is 1.67 bits per heavy atom. The van der Waals surface area contributed by atoms with Gasteiger partial charge in [0.15, 0.2) is 0 Å². The van der Waals surface area contributed by atoms with E-state index in [9.17, 15) is 4.79 Å². The molecule has 12 heavy (non-hydrogen) atoms. The van der Waals surface area contributed by atoms with E-state index in [1.807, 2.05) is 0 Å². The van der Waals surface area contributed by atoms with E-state index in [1.165, 1.54) is 12.8 Å². The van der Waals surface area contributed by atoms with Crippen LogP contribution >= 0.6 is 0 Å². The molecule has 1 aliphatic heterocycles. The lowest BCUT2D eigenvalue weighted by Crippen LogP contribution is -2.20. The summed E-state index contributed by atoms with van der Waals surface area (Å²) in [6.45, 7) is 5.44. The molecule has 2 aliphatic rings. The maximum atomic E-state index is 11.2. The summed E-state index contributed by atoms with van der Waals surface area (Å²) < 4.78 is 0. The van der Waals surface area contributed by atoms with Crippen LogP contribution < -0.4 is 5.32 Å². The molecular formula is C10H17NO. The molecule has 0 spiro atoms. The van der Waals surface area contributed by atoms with Crippen molar-refractivity contribution in [3.63, 3.8) is 0 Å². The normalized spacial score (nSPS) is 38.2. The second-order valence-electron chi connectivity index (χ2n) is 4.77. The van der Waals surface area contributed by atoms with Crippen LogP contribution in [0, 0.1) is 17.3 Å². The van der Waals surface area contributed by atoms with Gasteiger partial charge in [0.25, 0.3) is 0 Å². The highest BCUT2D eigenvalue weighted by molar-refractivity contribution is 5.85. The first-order valence-corrected chi connectivity index (χ1v) is 4.92. The van der Waals surface area contributed by atoms with Gasteiger partial charge in [0.2, 0.25) is 5.91 Å². The summed E-state index contributed by atoms with van der Waals surface area (Å²) in [7, 11) is 0. The van der Waals surface area contributed by atoms with E-state index in [1.54, 1.807) is 0 Å². The van der Waals surface area contributed by atoms with Gasteiger partial charge in [0.05, 0.1) is 0 Å². The molecule has 1 amide bonds. The van der Waals surface area contributed by atoms with E-state index < -0.39 is 0 Å². The highest BCUT2D eigenvalue weighted by atomic mass is 16.2. The summed E-state index contributed by atoms with van der Waals surface area (Å²) in [5, 5.41) is 2.94. The predicted octanol–water partition coefficient (Wildman–Crippen LogP) is 1.56. The number of rotatable bonds is 3. The van der Waals surface area contributed by atoms with Gasteiger partial charge in [-0.15, -0.1) is 0 Å². The number of hydrogen-bond donors (Lipinski definition) is 1. The Morgan fingerprint density at radius 2 is 2.42 bits per heavy atom. The molecule has 2 rings (SSSR count). The first kappa shape index (κ1) is 8.09. The van der Waals surface area contributed by atoms with Crippen LogP contribution in [0.4, 0.5) is 0 Å². The van der Waals surface area contributed by atoms with Gasteiger partial charge in [-0.2, -0.15) is 0 Å². The van der Waals surface area contributed by atoms with E-state index in [0.29, 0.717) is 17.2 Å². The van der Waals surface area contributed by atoms with E-state index in [0.717, 1.165) is 18.9 Å². The van der Waals surface area contributed by atoms with Gasteiger partial charge in [0.1, 0.15) is 0 Å². The van der Waals surface area contributed by atoms with Crippen molar-refractivity contribution >= 4 is 5.91 Å². The second kappa shape index (κ2) is 2.48. The van der Waals surface area contributed by atoms with E-state index in [4.69, 9.17) is 0 Å². The number of hydrogen-bond acceptors (Lipinski definition) is 1. The van der Waals surface area contributed by atoms with Gasteiger partial charge in [0, 0.05) is 17.9 Å². The summed E-state index contributed by atoms with van der Waals surface area (Å²) in [5.41, 5.74) is 0.404. The average molecular weight is 167 g/mol. The molecule has 0 aromatic rings. The molecule has 1 saturated carbocycles. The van der Waals surface area contributed by atoms with E-state index >= 15 is 0 Å². The van der Waals surface area contributed by atoms with Crippen LogP contribution in [0.1, 0.15) is 33.1 Å². The zero-order valence-electron chi connectivity index (χ0n) is 7.89. The molecule has 2 atom stereocenters. The lowest BCUT2D eigenvalue weighted by Gasteiger charge is -2.11. The molecule has 2 heteroatoms. The summed E-state index contributed by atoms with van der Waals surface area (Å²) in [6, 6.07) is 0. The fourth-order valence-corrected chi connectivity index (χ4v) is 2.24. The van der Waals surface area contributed by atoms with Gasteiger partial charge in [-0.05, 0) is 18.8 Å². The molecular weight excluding hydrogens is 150 g/mol. The third kappa shape index (κ3) is 1.13. The number of amides is 1. The lowest BCUT2D eigenvalue weighted by atomic mass is 9.95. The monoisotopic (exact) mass is 167 g/mol. The number of piperidine rings is 1. The molecule has 2 fully saturated rings. The van der Waals surface area contributed by atoms with Gasteiger partial charge >= 0.3 is 0 Å². The van der Waals surface area contributed by atoms with Crippen molar-refractivity contribution in [2.24, 2.45) is 17.3 Å². The summed E-state index contributed by atoms with van der Waals surface area (Å²) >= 11 is 0. The van der Waals surface area contributed by atoms with Gasteiger partial charge in [-0.1, -0.05) is 20.3 Å². The van der Waals surface area contributed by atoms with E-state index in [-0.39, 0.29) is 0 Å². The Balaban J connectivity index is 1.87. The van der Waals surface area contributed by atoms with Crippen LogP contribution in [0.2, 0.25) is 0 Å². The maximum Gasteiger partial charge on any atom is 0.223 e. The maximum absolute atomic E-state index is 11.2. The molecule has 68 valence electrons. The number of carbonyl (C=O) groups excluding carboxylic acids is 1. The lowest BCUT2D eigenvalue weighted by molar-refractivity contribution is -0.120. The zero-order valence-corrected chi connectivity index (χ0v) is 7.89. The molecule has 0 radical (unpaired) electrons.